The van der Waals surface area contributed by atoms with Crippen molar-refractivity contribution >= 4 is 78.4 Å². The van der Waals surface area contributed by atoms with Gasteiger partial charge in [-0.15, -0.1) is 0 Å². The summed E-state index contributed by atoms with van der Waals surface area (Å²) in [5.74, 6) is 0.763. The zero-order valence-corrected chi connectivity index (χ0v) is 19.8. The maximum absolute atomic E-state index is 6.42. The molecular weight excluding hydrogens is 475 g/mol. The summed E-state index contributed by atoms with van der Waals surface area (Å²) in [6.07, 6.45) is 0. The van der Waals surface area contributed by atoms with Gasteiger partial charge in [-0.05, 0) is 48.5 Å². The Kier molecular flexibility index (Phi) is 5.94. The van der Waals surface area contributed by atoms with Crippen LogP contribution in [0.3, 0.4) is 0 Å². The lowest BCUT2D eigenvalue weighted by Gasteiger charge is -2.07. The minimum Gasteiger partial charge on any atom is -0.497 e. The minimum atomic E-state index is 0.652. The van der Waals surface area contributed by atoms with Gasteiger partial charge in [0, 0.05) is 26.6 Å². The van der Waals surface area contributed by atoms with Crippen LogP contribution in [0.25, 0.3) is 43.6 Å². The Morgan fingerprint density at radius 3 is 1.76 bits per heavy atom. The average molecular weight is 492 g/mol. The zero-order chi connectivity index (χ0) is 22.9. The highest BCUT2D eigenvalue weighted by Gasteiger charge is 2.09. The smallest absolute Gasteiger partial charge is 0.119 e. The molecule has 0 aliphatic heterocycles. The number of hydrogen-bond acceptors (Lipinski definition) is 3. The molecular formula is C27H17Cl3N2O. The molecule has 0 bridgehead atoms. The van der Waals surface area contributed by atoms with E-state index in [1.165, 1.54) is 0 Å². The number of ether oxygens (including phenoxy) is 1. The molecule has 0 fully saturated rings. The Morgan fingerprint density at radius 2 is 1.09 bits per heavy atom. The second kappa shape index (κ2) is 9.03. The number of methoxy groups -OCH3 is 1. The molecule has 0 spiro atoms. The molecule has 6 heteroatoms. The summed E-state index contributed by atoms with van der Waals surface area (Å²) in [6.45, 7) is 0. The summed E-state index contributed by atoms with van der Waals surface area (Å²) in [5.41, 5.74) is 3.52. The van der Waals surface area contributed by atoms with Gasteiger partial charge in [0.25, 0.3) is 0 Å². The zero-order valence-electron chi connectivity index (χ0n) is 17.5. The lowest BCUT2D eigenvalue weighted by molar-refractivity contribution is 0.415. The first-order valence-electron chi connectivity index (χ1n) is 10.2. The lowest BCUT2D eigenvalue weighted by Crippen LogP contribution is -1.87. The quantitative estimate of drug-likeness (QED) is 0.216. The number of pyridine rings is 2. The van der Waals surface area contributed by atoms with Gasteiger partial charge in [0.05, 0.1) is 39.2 Å². The van der Waals surface area contributed by atoms with Crippen molar-refractivity contribution in [1.82, 2.24) is 9.97 Å². The van der Waals surface area contributed by atoms with Crippen LogP contribution in [0.2, 0.25) is 15.1 Å². The van der Waals surface area contributed by atoms with Crippen molar-refractivity contribution in [1.29, 1.82) is 0 Å². The first-order valence-corrected chi connectivity index (χ1v) is 11.3. The van der Waals surface area contributed by atoms with E-state index in [0.717, 1.165) is 54.4 Å². The van der Waals surface area contributed by atoms with Gasteiger partial charge in [-0.3, -0.25) is 0 Å². The molecule has 0 saturated carbocycles. The second-order valence-electron chi connectivity index (χ2n) is 7.43. The van der Waals surface area contributed by atoms with Crippen molar-refractivity contribution in [3.8, 4) is 5.75 Å². The summed E-state index contributed by atoms with van der Waals surface area (Å²) in [4.78, 5) is 9.10. The Labute approximate surface area is 205 Å². The van der Waals surface area contributed by atoms with Crippen LogP contribution >= 0.6 is 34.8 Å². The number of benzene rings is 4. The Bertz CT molecular complexity index is 1600. The molecule has 162 valence electrons. The molecule has 0 atom stereocenters. The SMILES string of the molecule is COc1ccc2nc3cc(Cl)ccc3c(Cl)c2c1.Clc1c2ccccc2nc2ccccc12. The summed E-state index contributed by atoms with van der Waals surface area (Å²) in [5, 5.41) is 5.91. The predicted octanol–water partition coefficient (Wildman–Crippen LogP) is 8.74. The van der Waals surface area contributed by atoms with Crippen molar-refractivity contribution in [2.75, 3.05) is 7.11 Å². The van der Waals surface area contributed by atoms with Gasteiger partial charge >= 0.3 is 0 Å². The third-order valence-electron chi connectivity index (χ3n) is 5.40. The standard InChI is InChI=1S/C14H9Cl2NO.C13H8ClN/c1-18-9-3-5-12-11(7-9)14(16)10-4-2-8(15)6-13(10)17-12;14-13-9-5-1-3-7-11(9)15-12-8-4-2-6-10(12)13/h2-7H,1H3;1-8H. The van der Waals surface area contributed by atoms with Gasteiger partial charge in [0.15, 0.2) is 0 Å². The van der Waals surface area contributed by atoms with Crippen LogP contribution in [0.4, 0.5) is 0 Å². The van der Waals surface area contributed by atoms with Gasteiger partial charge in [-0.25, -0.2) is 9.97 Å². The van der Waals surface area contributed by atoms with E-state index in [0.29, 0.717) is 10.0 Å². The summed E-state index contributed by atoms with van der Waals surface area (Å²) < 4.78 is 5.20. The van der Waals surface area contributed by atoms with E-state index in [2.05, 4.69) is 9.97 Å². The number of rotatable bonds is 1. The van der Waals surface area contributed by atoms with Gasteiger partial charge < -0.3 is 4.74 Å². The van der Waals surface area contributed by atoms with Crippen molar-refractivity contribution in [3.63, 3.8) is 0 Å². The van der Waals surface area contributed by atoms with Crippen LogP contribution in [0.15, 0.2) is 84.9 Å². The molecule has 0 saturated heterocycles. The van der Waals surface area contributed by atoms with Crippen molar-refractivity contribution in [2.24, 2.45) is 0 Å². The fraction of sp³-hybridized carbons (Fsp3) is 0.0370. The number of halogens is 3. The third-order valence-corrected chi connectivity index (χ3v) is 6.45. The lowest BCUT2D eigenvalue weighted by atomic mass is 10.1. The van der Waals surface area contributed by atoms with Gasteiger partial charge in [0.2, 0.25) is 0 Å². The first kappa shape index (κ1) is 21.7. The number of aromatic nitrogens is 2. The largest absolute Gasteiger partial charge is 0.497 e. The number of fused-ring (bicyclic) bond motifs is 4. The van der Waals surface area contributed by atoms with Crippen LogP contribution in [-0.4, -0.2) is 17.1 Å². The molecule has 6 rings (SSSR count). The molecule has 0 aliphatic rings. The number of nitrogens with zero attached hydrogens (tertiary/aromatic N) is 2. The summed E-state index contributed by atoms with van der Waals surface area (Å²) >= 11 is 18.7. The maximum atomic E-state index is 6.42. The van der Waals surface area contributed by atoms with E-state index < -0.39 is 0 Å². The summed E-state index contributed by atoms with van der Waals surface area (Å²) in [6, 6.07) is 27.0. The molecule has 2 heterocycles. The molecule has 0 aliphatic carbocycles. The first-order chi connectivity index (χ1) is 16.0. The predicted molar refractivity (Wildman–Crippen MR) is 140 cm³/mol. The van der Waals surface area contributed by atoms with E-state index in [1.807, 2.05) is 84.9 Å². The summed E-state index contributed by atoms with van der Waals surface area (Å²) in [7, 11) is 1.63. The van der Waals surface area contributed by atoms with E-state index in [-0.39, 0.29) is 0 Å². The topological polar surface area (TPSA) is 35.0 Å². The van der Waals surface area contributed by atoms with Gasteiger partial charge in [0.1, 0.15) is 5.75 Å². The van der Waals surface area contributed by atoms with Crippen molar-refractivity contribution in [3.05, 3.63) is 100.0 Å². The average Bonchev–Trinajstić information content (AvgIpc) is 2.84. The molecule has 0 N–H and O–H groups in total. The van der Waals surface area contributed by atoms with Crippen LogP contribution in [0, 0.1) is 0 Å². The third kappa shape index (κ3) is 4.16. The van der Waals surface area contributed by atoms with E-state index in [9.17, 15) is 0 Å². The monoisotopic (exact) mass is 490 g/mol. The van der Waals surface area contributed by atoms with E-state index in [1.54, 1.807) is 7.11 Å². The molecule has 6 aromatic rings. The Morgan fingerprint density at radius 1 is 0.545 bits per heavy atom. The van der Waals surface area contributed by atoms with Crippen molar-refractivity contribution in [2.45, 2.75) is 0 Å². The Balaban J connectivity index is 0.000000140. The van der Waals surface area contributed by atoms with Crippen molar-refractivity contribution < 1.29 is 4.74 Å². The van der Waals surface area contributed by atoms with E-state index in [4.69, 9.17) is 39.5 Å². The normalized spacial score (nSPS) is 11.0. The second-order valence-corrected chi connectivity index (χ2v) is 8.62. The van der Waals surface area contributed by atoms with E-state index >= 15 is 0 Å². The molecule has 3 nitrogen and oxygen atoms in total. The van der Waals surface area contributed by atoms with Crippen LogP contribution < -0.4 is 4.74 Å². The fourth-order valence-corrected chi connectivity index (χ4v) is 4.56. The van der Waals surface area contributed by atoms with Crippen LogP contribution in [-0.2, 0) is 0 Å². The molecule has 4 aromatic carbocycles. The maximum Gasteiger partial charge on any atom is 0.119 e. The van der Waals surface area contributed by atoms with Gasteiger partial charge in [-0.2, -0.15) is 0 Å². The highest BCUT2D eigenvalue weighted by Crippen LogP contribution is 2.33. The molecule has 2 aromatic heterocycles. The number of hydrogen-bond donors (Lipinski definition) is 0. The molecule has 0 unspecified atom stereocenters. The van der Waals surface area contributed by atoms with Crippen LogP contribution in [0.1, 0.15) is 0 Å². The Hall–Kier alpha value is -3.11. The highest BCUT2D eigenvalue weighted by molar-refractivity contribution is 6.41. The minimum absolute atomic E-state index is 0.652. The fourth-order valence-electron chi connectivity index (χ4n) is 3.76. The molecule has 33 heavy (non-hydrogen) atoms. The highest BCUT2D eigenvalue weighted by atomic mass is 35.5. The van der Waals surface area contributed by atoms with Crippen LogP contribution in [0.5, 0.6) is 5.75 Å². The number of para-hydroxylation sites is 2. The van der Waals surface area contributed by atoms with Gasteiger partial charge in [-0.1, -0.05) is 71.2 Å². The molecule has 0 amide bonds. The molecule has 0 radical (unpaired) electrons.